The van der Waals surface area contributed by atoms with Crippen LogP contribution in [0, 0.1) is 13.8 Å². The highest BCUT2D eigenvalue weighted by atomic mass is 16.3. The van der Waals surface area contributed by atoms with Gasteiger partial charge in [0.1, 0.15) is 5.75 Å². The molecule has 0 atom stereocenters. The van der Waals surface area contributed by atoms with E-state index in [2.05, 4.69) is 15.5 Å². The molecule has 7 heteroatoms. The minimum Gasteiger partial charge on any atom is -0.508 e. The molecule has 0 saturated carbocycles. The summed E-state index contributed by atoms with van der Waals surface area (Å²) in [7, 11) is 0. The number of aryl methyl sites for hydroxylation is 2. The number of carbonyl (C=O) groups excluding carboxylic acids is 2. The van der Waals surface area contributed by atoms with Gasteiger partial charge in [0.05, 0.1) is 32.7 Å². The van der Waals surface area contributed by atoms with E-state index in [1.165, 1.54) is 4.90 Å². The van der Waals surface area contributed by atoms with Gasteiger partial charge in [-0.3, -0.25) is 9.59 Å². The number of carbonyl (C=O) groups is 2. The predicted octanol–water partition coefficient (Wildman–Crippen LogP) is 0.469. The third-order valence-electron chi connectivity index (χ3n) is 5.29. The van der Waals surface area contributed by atoms with Gasteiger partial charge < -0.3 is 25.5 Å². The van der Waals surface area contributed by atoms with E-state index >= 15 is 0 Å². The molecule has 154 valence electrons. The number of benzene rings is 2. The molecule has 4 N–H and O–H groups in total. The zero-order chi connectivity index (χ0) is 20.8. The molecule has 2 aromatic carbocycles. The summed E-state index contributed by atoms with van der Waals surface area (Å²) in [4.78, 5) is 27.9. The van der Waals surface area contributed by atoms with Gasteiger partial charge in [0.2, 0.25) is 5.91 Å². The third kappa shape index (κ3) is 5.71. The Bertz CT molecular complexity index is 839. The highest BCUT2D eigenvalue weighted by Gasteiger charge is 2.22. The molecular weight excluding hydrogens is 368 g/mol. The second-order valence-electron chi connectivity index (χ2n) is 7.52. The number of quaternary nitrogens is 1. The molecule has 1 fully saturated rings. The van der Waals surface area contributed by atoms with Crippen molar-refractivity contribution in [2.45, 2.75) is 13.8 Å². The van der Waals surface area contributed by atoms with Gasteiger partial charge in [-0.2, -0.15) is 0 Å². The number of hydrogen-bond donors (Lipinski definition) is 4. The Morgan fingerprint density at radius 1 is 1.00 bits per heavy atom. The summed E-state index contributed by atoms with van der Waals surface area (Å²) in [5, 5.41) is 15.0. The smallest absolute Gasteiger partial charge is 0.275 e. The lowest BCUT2D eigenvalue weighted by Gasteiger charge is -2.33. The van der Waals surface area contributed by atoms with E-state index in [-0.39, 0.29) is 24.1 Å². The summed E-state index contributed by atoms with van der Waals surface area (Å²) in [5.74, 6) is -0.0751. The van der Waals surface area contributed by atoms with Gasteiger partial charge in [0, 0.05) is 11.4 Å². The Morgan fingerprint density at radius 2 is 1.62 bits per heavy atom. The van der Waals surface area contributed by atoms with Crippen LogP contribution in [-0.2, 0) is 9.59 Å². The van der Waals surface area contributed by atoms with Crippen LogP contribution in [0.4, 0.5) is 11.4 Å². The first kappa shape index (κ1) is 20.7. The lowest BCUT2D eigenvalue weighted by Crippen LogP contribution is -3.16. The second-order valence-corrected chi connectivity index (χ2v) is 7.52. The van der Waals surface area contributed by atoms with Crippen LogP contribution in [0.5, 0.6) is 5.75 Å². The molecule has 1 aliphatic heterocycles. The fourth-order valence-electron chi connectivity index (χ4n) is 3.59. The van der Waals surface area contributed by atoms with E-state index in [1.54, 1.807) is 12.1 Å². The summed E-state index contributed by atoms with van der Waals surface area (Å²) in [6, 6.07) is 13.0. The Labute approximate surface area is 171 Å². The first-order valence-corrected chi connectivity index (χ1v) is 9.92. The number of rotatable bonds is 6. The van der Waals surface area contributed by atoms with E-state index in [0.717, 1.165) is 48.7 Å². The first-order valence-electron chi connectivity index (χ1n) is 9.92. The molecule has 1 aliphatic rings. The van der Waals surface area contributed by atoms with Crippen molar-refractivity contribution in [1.82, 2.24) is 5.32 Å². The first-order chi connectivity index (χ1) is 13.9. The lowest BCUT2D eigenvalue weighted by molar-refractivity contribution is -0.892. The van der Waals surface area contributed by atoms with Crippen molar-refractivity contribution in [2.24, 2.45) is 0 Å². The van der Waals surface area contributed by atoms with Gasteiger partial charge in [-0.25, -0.2) is 0 Å². The van der Waals surface area contributed by atoms with Crippen molar-refractivity contribution in [2.75, 3.05) is 49.5 Å². The number of hydrogen-bond acceptors (Lipinski definition) is 4. The van der Waals surface area contributed by atoms with E-state index in [4.69, 9.17) is 0 Å². The Hall–Kier alpha value is -3.06. The summed E-state index contributed by atoms with van der Waals surface area (Å²) in [6.45, 7) is 7.62. The number of nitrogens with one attached hydrogen (secondary N) is 3. The van der Waals surface area contributed by atoms with Crippen molar-refractivity contribution in [3.63, 3.8) is 0 Å². The van der Waals surface area contributed by atoms with Crippen molar-refractivity contribution in [1.29, 1.82) is 0 Å². The van der Waals surface area contributed by atoms with Crippen LogP contribution in [0.1, 0.15) is 11.1 Å². The van der Waals surface area contributed by atoms with Crippen LogP contribution in [-0.4, -0.2) is 56.2 Å². The third-order valence-corrected chi connectivity index (χ3v) is 5.29. The maximum Gasteiger partial charge on any atom is 0.275 e. The summed E-state index contributed by atoms with van der Waals surface area (Å²) >= 11 is 0. The molecule has 0 bridgehead atoms. The molecule has 1 saturated heterocycles. The number of amides is 2. The standard InChI is InChI=1S/C22H28N4O3/c1-16-4-3-5-17(2)22(16)24-20(28)14-23-21(29)15-25-10-12-26(13-11-25)18-6-8-19(27)9-7-18/h3-9,27H,10-15H2,1-2H3,(H,23,29)(H,24,28)/p+1. The normalized spacial score (nSPS) is 14.5. The SMILES string of the molecule is Cc1cccc(C)c1NC(=O)CNC(=O)C[NH+]1CCN(c2ccc(O)cc2)CC1. The van der Waals surface area contributed by atoms with Gasteiger partial charge in [0.25, 0.3) is 5.91 Å². The summed E-state index contributed by atoms with van der Waals surface area (Å²) in [6.07, 6.45) is 0. The molecule has 0 spiro atoms. The monoisotopic (exact) mass is 397 g/mol. The number of phenolic OH excluding ortho intramolecular Hbond substituents is 1. The topological polar surface area (TPSA) is 86.1 Å². The summed E-state index contributed by atoms with van der Waals surface area (Å²) in [5.41, 5.74) is 3.89. The zero-order valence-electron chi connectivity index (χ0n) is 17.0. The maximum atomic E-state index is 12.2. The molecule has 2 aromatic rings. The number of phenols is 1. The predicted molar refractivity (Wildman–Crippen MR) is 113 cm³/mol. The molecule has 0 unspecified atom stereocenters. The van der Waals surface area contributed by atoms with E-state index in [0.29, 0.717) is 6.54 Å². The van der Waals surface area contributed by atoms with Crippen molar-refractivity contribution in [3.8, 4) is 5.75 Å². The van der Waals surface area contributed by atoms with Crippen LogP contribution in [0.3, 0.4) is 0 Å². The molecular formula is C22H29N4O3+. The second kappa shape index (κ2) is 9.43. The van der Waals surface area contributed by atoms with Gasteiger partial charge in [-0.15, -0.1) is 0 Å². The average molecular weight is 397 g/mol. The number of para-hydroxylation sites is 1. The fourth-order valence-corrected chi connectivity index (χ4v) is 3.59. The van der Waals surface area contributed by atoms with Crippen LogP contribution >= 0.6 is 0 Å². The van der Waals surface area contributed by atoms with Crippen LogP contribution in [0.25, 0.3) is 0 Å². The van der Waals surface area contributed by atoms with Gasteiger partial charge >= 0.3 is 0 Å². The highest BCUT2D eigenvalue weighted by molar-refractivity contribution is 5.95. The molecule has 7 nitrogen and oxygen atoms in total. The fraction of sp³-hybridized carbons (Fsp3) is 0.364. The molecule has 1 heterocycles. The molecule has 0 aliphatic carbocycles. The Kier molecular flexibility index (Phi) is 6.72. The van der Waals surface area contributed by atoms with Crippen LogP contribution < -0.4 is 20.4 Å². The van der Waals surface area contributed by atoms with Crippen LogP contribution in [0.2, 0.25) is 0 Å². The van der Waals surface area contributed by atoms with Gasteiger partial charge in [0.15, 0.2) is 6.54 Å². The van der Waals surface area contributed by atoms with E-state index in [1.807, 2.05) is 44.2 Å². The minimum atomic E-state index is -0.220. The van der Waals surface area contributed by atoms with Crippen molar-refractivity contribution >= 4 is 23.2 Å². The van der Waals surface area contributed by atoms with Crippen molar-refractivity contribution in [3.05, 3.63) is 53.6 Å². The largest absolute Gasteiger partial charge is 0.508 e. The molecule has 0 aromatic heterocycles. The average Bonchev–Trinajstić information content (AvgIpc) is 2.71. The van der Waals surface area contributed by atoms with E-state index in [9.17, 15) is 14.7 Å². The lowest BCUT2D eigenvalue weighted by atomic mass is 10.1. The number of piperazine rings is 1. The molecule has 3 rings (SSSR count). The van der Waals surface area contributed by atoms with Gasteiger partial charge in [-0.1, -0.05) is 18.2 Å². The number of anilines is 2. The summed E-state index contributed by atoms with van der Waals surface area (Å²) < 4.78 is 0. The minimum absolute atomic E-state index is 0.0283. The van der Waals surface area contributed by atoms with Crippen LogP contribution in [0.15, 0.2) is 42.5 Å². The quantitative estimate of drug-likeness (QED) is 0.571. The van der Waals surface area contributed by atoms with Gasteiger partial charge in [-0.05, 0) is 49.2 Å². The Morgan fingerprint density at radius 3 is 2.24 bits per heavy atom. The number of nitrogens with zero attached hydrogens (tertiary/aromatic N) is 1. The Balaban J connectivity index is 1.40. The van der Waals surface area contributed by atoms with E-state index < -0.39 is 0 Å². The number of aromatic hydroxyl groups is 1. The highest BCUT2D eigenvalue weighted by Crippen LogP contribution is 2.19. The molecule has 2 amide bonds. The molecule has 0 radical (unpaired) electrons. The van der Waals surface area contributed by atoms with Crippen molar-refractivity contribution < 1.29 is 19.6 Å². The molecule has 29 heavy (non-hydrogen) atoms. The maximum absolute atomic E-state index is 12.2. The zero-order valence-corrected chi connectivity index (χ0v) is 17.0.